The first-order valence-electron chi connectivity index (χ1n) is 3.09. The van der Waals surface area contributed by atoms with Crippen molar-refractivity contribution in [3.05, 3.63) is 35.4 Å². The summed E-state index contributed by atoms with van der Waals surface area (Å²) in [5.74, 6) is 0. The minimum absolute atomic E-state index is 0.179. The topological polar surface area (TPSA) is 0 Å². The SMILES string of the molecule is Cc1ccccc1C(S)Cl. The second kappa shape index (κ2) is 3.31. The van der Waals surface area contributed by atoms with Gasteiger partial charge < -0.3 is 0 Å². The Morgan fingerprint density at radius 1 is 1.40 bits per heavy atom. The van der Waals surface area contributed by atoms with Gasteiger partial charge in [0.25, 0.3) is 0 Å². The Labute approximate surface area is 71.6 Å². The van der Waals surface area contributed by atoms with Crippen molar-refractivity contribution in [2.45, 2.75) is 11.6 Å². The fraction of sp³-hybridized carbons (Fsp3) is 0.250. The van der Waals surface area contributed by atoms with Crippen LogP contribution in [0.4, 0.5) is 0 Å². The molecule has 0 fully saturated rings. The van der Waals surface area contributed by atoms with Gasteiger partial charge in [-0.25, -0.2) is 0 Å². The molecule has 1 aromatic rings. The predicted octanol–water partition coefficient (Wildman–Crippen LogP) is 3.16. The summed E-state index contributed by atoms with van der Waals surface area (Å²) in [4.78, 5) is 0. The summed E-state index contributed by atoms with van der Waals surface area (Å²) in [5.41, 5.74) is 2.28. The van der Waals surface area contributed by atoms with Gasteiger partial charge >= 0.3 is 0 Å². The molecule has 0 saturated heterocycles. The number of thiol groups is 1. The van der Waals surface area contributed by atoms with E-state index in [1.54, 1.807) is 0 Å². The number of benzene rings is 1. The van der Waals surface area contributed by atoms with Gasteiger partial charge in [-0.15, -0.1) is 11.6 Å². The molecular weight excluding hydrogens is 164 g/mol. The molecule has 10 heavy (non-hydrogen) atoms. The standard InChI is InChI=1S/C8H9ClS/c1-6-4-2-3-5-7(6)8(9)10/h2-5,8,10H,1H3. The molecule has 0 aliphatic rings. The van der Waals surface area contributed by atoms with Crippen LogP contribution in [0, 0.1) is 6.92 Å². The highest BCUT2D eigenvalue weighted by Crippen LogP contribution is 2.26. The molecule has 0 nitrogen and oxygen atoms in total. The van der Waals surface area contributed by atoms with Gasteiger partial charge in [0, 0.05) is 0 Å². The van der Waals surface area contributed by atoms with Gasteiger partial charge in [0.05, 0.1) is 0 Å². The van der Waals surface area contributed by atoms with Crippen LogP contribution in [0.5, 0.6) is 0 Å². The molecule has 2 heteroatoms. The molecule has 1 rings (SSSR count). The summed E-state index contributed by atoms with van der Waals surface area (Å²) in [5, 5.41) is 0. The first-order chi connectivity index (χ1) is 4.72. The van der Waals surface area contributed by atoms with Crippen LogP contribution in [0.15, 0.2) is 24.3 Å². The van der Waals surface area contributed by atoms with Crippen molar-refractivity contribution >= 4 is 24.2 Å². The molecule has 0 N–H and O–H groups in total. The molecule has 1 unspecified atom stereocenters. The average molecular weight is 173 g/mol. The second-order valence-electron chi connectivity index (χ2n) is 2.19. The highest BCUT2D eigenvalue weighted by Gasteiger charge is 2.02. The van der Waals surface area contributed by atoms with Crippen molar-refractivity contribution in [1.82, 2.24) is 0 Å². The summed E-state index contributed by atoms with van der Waals surface area (Å²) in [6, 6.07) is 7.97. The fourth-order valence-electron chi connectivity index (χ4n) is 0.854. The van der Waals surface area contributed by atoms with E-state index in [0.29, 0.717) is 0 Å². The maximum atomic E-state index is 5.77. The highest BCUT2D eigenvalue weighted by atomic mass is 35.5. The van der Waals surface area contributed by atoms with Gasteiger partial charge in [-0.2, -0.15) is 12.6 Å². The van der Waals surface area contributed by atoms with Crippen molar-refractivity contribution < 1.29 is 0 Å². The molecular formula is C8H9ClS. The Kier molecular flexibility index (Phi) is 2.64. The van der Waals surface area contributed by atoms with E-state index in [1.165, 1.54) is 5.56 Å². The van der Waals surface area contributed by atoms with E-state index in [2.05, 4.69) is 12.6 Å². The number of alkyl halides is 1. The van der Waals surface area contributed by atoms with Crippen molar-refractivity contribution in [1.29, 1.82) is 0 Å². The van der Waals surface area contributed by atoms with Crippen molar-refractivity contribution in [3.8, 4) is 0 Å². The second-order valence-corrected chi connectivity index (χ2v) is 3.45. The van der Waals surface area contributed by atoms with Gasteiger partial charge in [0.1, 0.15) is 4.71 Å². The molecule has 1 atom stereocenters. The van der Waals surface area contributed by atoms with E-state index >= 15 is 0 Å². The molecule has 0 aliphatic carbocycles. The lowest BCUT2D eigenvalue weighted by Gasteiger charge is -2.04. The van der Waals surface area contributed by atoms with E-state index in [9.17, 15) is 0 Å². The first kappa shape index (κ1) is 7.96. The summed E-state index contributed by atoms with van der Waals surface area (Å²) >= 11 is 9.90. The lowest BCUT2D eigenvalue weighted by molar-refractivity contribution is 1.28. The van der Waals surface area contributed by atoms with Gasteiger partial charge in [-0.3, -0.25) is 0 Å². The Balaban J connectivity index is 3.03. The molecule has 0 saturated carbocycles. The summed E-state index contributed by atoms with van der Waals surface area (Å²) in [7, 11) is 0. The van der Waals surface area contributed by atoms with Crippen LogP contribution in [0.25, 0.3) is 0 Å². The van der Waals surface area contributed by atoms with Crippen LogP contribution in [0.1, 0.15) is 15.8 Å². The van der Waals surface area contributed by atoms with Gasteiger partial charge in [0.2, 0.25) is 0 Å². The third-order valence-corrected chi connectivity index (χ3v) is 1.96. The molecule has 0 aliphatic heterocycles. The van der Waals surface area contributed by atoms with Crippen LogP contribution in [-0.4, -0.2) is 0 Å². The predicted molar refractivity (Wildman–Crippen MR) is 48.8 cm³/mol. The zero-order valence-electron chi connectivity index (χ0n) is 5.71. The summed E-state index contributed by atoms with van der Waals surface area (Å²) in [6.45, 7) is 2.03. The Morgan fingerprint density at radius 2 is 2.00 bits per heavy atom. The molecule has 0 amide bonds. The average Bonchev–Trinajstić information content (AvgIpc) is 1.88. The Bertz CT molecular complexity index is 220. The van der Waals surface area contributed by atoms with Crippen molar-refractivity contribution in [2.24, 2.45) is 0 Å². The van der Waals surface area contributed by atoms with Crippen LogP contribution >= 0.6 is 24.2 Å². The van der Waals surface area contributed by atoms with E-state index in [4.69, 9.17) is 11.6 Å². The number of hydrogen-bond donors (Lipinski definition) is 1. The normalized spacial score (nSPS) is 13.1. The largest absolute Gasteiger partial charge is 0.155 e. The molecule has 0 heterocycles. The number of rotatable bonds is 1. The summed E-state index contributed by atoms with van der Waals surface area (Å²) < 4.78 is -0.179. The van der Waals surface area contributed by atoms with Crippen LogP contribution < -0.4 is 0 Å². The zero-order chi connectivity index (χ0) is 7.56. The van der Waals surface area contributed by atoms with Crippen molar-refractivity contribution in [3.63, 3.8) is 0 Å². The quantitative estimate of drug-likeness (QED) is 0.488. The molecule has 54 valence electrons. The number of aryl methyl sites for hydroxylation is 1. The minimum Gasteiger partial charge on any atom is -0.155 e. The third kappa shape index (κ3) is 1.68. The Hall–Kier alpha value is -0.140. The van der Waals surface area contributed by atoms with Gasteiger partial charge in [-0.05, 0) is 18.1 Å². The lowest BCUT2D eigenvalue weighted by atomic mass is 10.1. The first-order valence-corrected chi connectivity index (χ1v) is 4.05. The number of hydrogen-bond acceptors (Lipinski definition) is 1. The van der Waals surface area contributed by atoms with E-state index < -0.39 is 0 Å². The molecule has 1 aromatic carbocycles. The smallest absolute Gasteiger partial charge is 0.101 e. The minimum atomic E-state index is -0.179. The lowest BCUT2D eigenvalue weighted by Crippen LogP contribution is -1.84. The Morgan fingerprint density at radius 3 is 2.40 bits per heavy atom. The highest BCUT2D eigenvalue weighted by molar-refractivity contribution is 7.82. The number of halogens is 1. The van der Waals surface area contributed by atoms with E-state index in [0.717, 1.165) is 5.56 Å². The van der Waals surface area contributed by atoms with E-state index in [1.807, 2.05) is 31.2 Å². The zero-order valence-corrected chi connectivity index (χ0v) is 7.36. The summed E-state index contributed by atoms with van der Waals surface area (Å²) in [6.07, 6.45) is 0. The molecule has 0 radical (unpaired) electrons. The van der Waals surface area contributed by atoms with Gasteiger partial charge in [0.15, 0.2) is 0 Å². The third-order valence-electron chi connectivity index (χ3n) is 1.45. The maximum Gasteiger partial charge on any atom is 0.101 e. The van der Waals surface area contributed by atoms with Crippen LogP contribution in [0.3, 0.4) is 0 Å². The van der Waals surface area contributed by atoms with Crippen LogP contribution in [0.2, 0.25) is 0 Å². The van der Waals surface area contributed by atoms with Crippen LogP contribution in [-0.2, 0) is 0 Å². The molecule has 0 bridgehead atoms. The van der Waals surface area contributed by atoms with E-state index in [-0.39, 0.29) is 4.71 Å². The molecule has 0 spiro atoms. The maximum absolute atomic E-state index is 5.77. The monoisotopic (exact) mass is 172 g/mol. The van der Waals surface area contributed by atoms with Gasteiger partial charge in [-0.1, -0.05) is 24.3 Å². The van der Waals surface area contributed by atoms with Crippen molar-refractivity contribution in [2.75, 3.05) is 0 Å². The molecule has 0 aromatic heterocycles. The fourth-order valence-corrected chi connectivity index (χ4v) is 1.39.